The van der Waals surface area contributed by atoms with Crippen molar-refractivity contribution < 1.29 is 14.3 Å². The molecular weight excluding hydrogens is 495 g/mol. The quantitative estimate of drug-likeness (QED) is 0.209. The Balaban J connectivity index is 0.00000450. The molecule has 0 saturated heterocycles. The number of amides is 1. The van der Waals surface area contributed by atoms with Crippen LogP contribution in [0.4, 0.5) is 0 Å². The van der Waals surface area contributed by atoms with Crippen molar-refractivity contribution in [2.24, 2.45) is 10.9 Å². The Morgan fingerprint density at radius 3 is 2.57 bits per heavy atom. The van der Waals surface area contributed by atoms with Gasteiger partial charge in [0.1, 0.15) is 11.5 Å². The first-order valence-electron chi connectivity index (χ1n) is 10.5. The number of methoxy groups -OCH3 is 2. The molecule has 1 aromatic carbocycles. The number of carbonyl (C=O) groups is 1. The van der Waals surface area contributed by atoms with E-state index in [1.54, 1.807) is 14.2 Å². The summed E-state index contributed by atoms with van der Waals surface area (Å²) in [5.74, 6) is 3.07. The van der Waals surface area contributed by atoms with E-state index < -0.39 is 0 Å². The van der Waals surface area contributed by atoms with Gasteiger partial charge in [0, 0.05) is 44.7 Å². The molecule has 0 aliphatic heterocycles. The molecule has 0 bridgehead atoms. The molecule has 1 saturated carbocycles. The first-order valence-corrected chi connectivity index (χ1v) is 10.5. The highest BCUT2D eigenvalue weighted by Gasteiger charge is 2.18. The summed E-state index contributed by atoms with van der Waals surface area (Å²) in [5, 5.41) is 6.31. The van der Waals surface area contributed by atoms with Crippen molar-refractivity contribution in [3.8, 4) is 11.5 Å². The van der Waals surface area contributed by atoms with Crippen molar-refractivity contribution >= 4 is 35.8 Å². The number of nitrogens with one attached hydrogen (secondary N) is 2. The van der Waals surface area contributed by atoms with E-state index in [4.69, 9.17) is 9.47 Å². The standard InChI is InChI=1S/C22H36N4O3.HI/c1-5-23-22(25-13-12-24-21(27)14-17-8-6-7-9-17)26(2)16-18-10-11-19(28-3)15-20(18)29-4;/h10-11,15,17H,5-9,12-14,16H2,1-4H3,(H,23,25)(H,24,27);1H. The molecule has 1 aliphatic carbocycles. The smallest absolute Gasteiger partial charge is 0.220 e. The summed E-state index contributed by atoms with van der Waals surface area (Å²) in [7, 11) is 5.29. The zero-order chi connectivity index (χ0) is 21.1. The Hall–Kier alpha value is -1.71. The highest BCUT2D eigenvalue weighted by Crippen LogP contribution is 2.27. The molecule has 0 radical (unpaired) electrons. The van der Waals surface area contributed by atoms with Gasteiger partial charge in [0.25, 0.3) is 0 Å². The minimum absolute atomic E-state index is 0. The van der Waals surface area contributed by atoms with Gasteiger partial charge < -0.3 is 25.0 Å². The van der Waals surface area contributed by atoms with Gasteiger partial charge in [0.05, 0.1) is 20.8 Å². The maximum atomic E-state index is 12.1. The molecule has 0 atom stereocenters. The van der Waals surface area contributed by atoms with Gasteiger partial charge in [-0.15, -0.1) is 24.0 Å². The number of ether oxygens (including phenoxy) is 2. The van der Waals surface area contributed by atoms with Crippen LogP contribution < -0.4 is 20.1 Å². The number of aliphatic imine (C=N–C) groups is 1. The van der Waals surface area contributed by atoms with Crippen molar-refractivity contribution in [1.29, 1.82) is 0 Å². The molecule has 0 spiro atoms. The Morgan fingerprint density at radius 1 is 1.20 bits per heavy atom. The molecule has 1 aliphatic rings. The first-order chi connectivity index (χ1) is 14.1. The van der Waals surface area contributed by atoms with Gasteiger partial charge in [-0.1, -0.05) is 12.8 Å². The second-order valence-electron chi connectivity index (χ2n) is 7.47. The molecule has 170 valence electrons. The zero-order valence-electron chi connectivity index (χ0n) is 18.7. The van der Waals surface area contributed by atoms with Crippen molar-refractivity contribution in [3.05, 3.63) is 23.8 Å². The third kappa shape index (κ3) is 8.57. The van der Waals surface area contributed by atoms with Crippen LogP contribution >= 0.6 is 24.0 Å². The fraction of sp³-hybridized carbons (Fsp3) is 0.636. The SMILES string of the molecule is CCNC(=NCCNC(=O)CC1CCCC1)N(C)Cc1ccc(OC)cc1OC.I. The second-order valence-corrected chi connectivity index (χ2v) is 7.47. The van der Waals surface area contributed by atoms with Gasteiger partial charge in [-0.05, 0) is 37.8 Å². The van der Waals surface area contributed by atoms with Crippen molar-refractivity contribution in [3.63, 3.8) is 0 Å². The van der Waals surface area contributed by atoms with Crippen molar-refractivity contribution in [2.45, 2.75) is 45.6 Å². The molecule has 1 amide bonds. The highest BCUT2D eigenvalue weighted by atomic mass is 127. The predicted molar refractivity (Wildman–Crippen MR) is 132 cm³/mol. The average molecular weight is 532 g/mol. The number of guanidine groups is 1. The lowest BCUT2D eigenvalue weighted by atomic mass is 10.0. The number of nitrogens with zero attached hydrogens (tertiary/aromatic N) is 2. The minimum atomic E-state index is 0. The van der Waals surface area contributed by atoms with Crippen LogP contribution in [-0.4, -0.2) is 57.7 Å². The van der Waals surface area contributed by atoms with E-state index in [0.29, 0.717) is 32.0 Å². The topological polar surface area (TPSA) is 75.2 Å². The number of hydrogen-bond acceptors (Lipinski definition) is 4. The largest absolute Gasteiger partial charge is 0.497 e. The third-order valence-electron chi connectivity index (χ3n) is 5.24. The lowest BCUT2D eigenvalue weighted by molar-refractivity contribution is -0.121. The summed E-state index contributed by atoms with van der Waals surface area (Å²) in [6.45, 7) is 4.56. The number of halogens is 1. The van der Waals surface area contributed by atoms with Crippen LogP contribution in [0.25, 0.3) is 0 Å². The van der Waals surface area contributed by atoms with E-state index in [9.17, 15) is 4.79 Å². The molecule has 2 rings (SSSR count). The molecule has 1 fully saturated rings. The monoisotopic (exact) mass is 532 g/mol. The third-order valence-corrected chi connectivity index (χ3v) is 5.24. The molecule has 0 unspecified atom stereocenters. The Kier molecular flexibility index (Phi) is 12.6. The second kappa shape index (κ2) is 14.3. The van der Waals surface area contributed by atoms with Gasteiger partial charge in [0.15, 0.2) is 5.96 Å². The maximum Gasteiger partial charge on any atom is 0.220 e. The Morgan fingerprint density at radius 2 is 1.93 bits per heavy atom. The normalized spacial score (nSPS) is 14.1. The maximum absolute atomic E-state index is 12.1. The van der Waals surface area contributed by atoms with Crippen molar-refractivity contribution in [2.75, 3.05) is 40.9 Å². The summed E-state index contributed by atoms with van der Waals surface area (Å²) in [4.78, 5) is 18.8. The fourth-order valence-corrected chi connectivity index (χ4v) is 3.69. The van der Waals surface area contributed by atoms with Crippen LogP contribution in [0.2, 0.25) is 0 Å². The predicted octanol–water partition coefficient (Wildman–Crippen LogP) is 3.42. The number of carbonyl (C=O) groups excluding carboxylic acids is 1. The van der Waals surface area contributed by atoms with Gasteiger partial charge in [-0.3, -0.25) is 9.79 Å². The van der Waals surface area contributed by atoms with Crippen LogP contribution in [-0.2, 0) is 11.3 Å². The number of benzene rings is 1. The molecule has 0 aromatic heterocycles. The molecular formula is C22H37IN4O3. The molecule has 30 heavy (non-hydrogen) atoms. The molecule has 1 aromatic rings. The van der Waals surface area contributed by atoms with Crippen LogP contribution in [0.5, 0.6) is 11.5 Å². The number of hydrogen-bond donors (Lipinski definition) is 2. The van der Waals surface area contributed by atoms with Gasteiger partial charge in [-0.25, -0.2) is 0 Å². The van der Waals surface area contributed by atoms with E-state index in [1.165, 1.54) is 25.7 Å². The van der Waals surface area contributed by atoms with Crippen LogP contribution in [0.15, 0.2) is 23.2 Å². The molecule has 2 N–H and O–H groups in total. The highest BCUT2D eigenvalue weighted by molar-refractivity contribution is 14.0. The summed E-state index contributed by atoms with van der Waals surface area (Å²) in [6.07, 6.45) is 5.56. The lowest BCUT2D eigenvalue weighted by Gasteiger charge is -2.23. The van der Waals surface area contributed by atoms with Crippen LogP contribution in [0, 0.1) is 5.92 Å². The van der Waals surface area contributed by atoms with Gasteiger partial charge in [0.2, 0.25) is 5.91 Å². The molecule has 7 nitrogen and oxygen atoms in total. The average Bonchev–Trinajstić information content (AvgIpc) is 3.23. The van der Waals surface area contributed by atoms with E-state index in [0.717, 1.165) is 29.6 Å². The zero-order valence-corrected chi connectivity index (χ0v) is 21.0. The van der Waals surface area contributed by atoms with Gasteiger partial charge in [-0.2, -0.15) is 0 Å². The Bertz CT molecular complexity index is 678. The van der Waals surface area contributed by atoms with Crippen molar-refractivity contribution in [1.82, 2.24) is 15.5 Å². The summed E-state index contributed by atoms with van der Waals surface area (Å²) >= 11 is 0. The molecule has 8 heteroatoms. The lowest BCUT2D eigenvalue weighted by Crippen LogP contribution is -2.39. The number of rotatable bonds is 10. The van der Waals surface area contributed by atoms with Crippen LogP contribution in [0.3, 0.4) is 0 Å². The van der Waals surface area contributed by atoms with E-state index >= 15 is 0 Å². The van der Waals surface area contributed by atoms with Gasteiger partial charge >= 0.3 is 0 Å². The molecule has 0 heterocycles. The van der Waals surface area contributed by atoms with Crippen LogP contribution in [0.1, 0.15) is 44.6 Å². The van der Waals surface area contributed by atoms with E-state index in [-0.39, 0.29) is 29.9 Å². The summed E-state index contributed by atoms with van der Waals surface area (Å²) in [6, 6.07) is 5.81. The summed E-state index contributed by atoms with van der Waals surface area (Å²) in [5.41, 5.74) is 1.05. The Labute approximate surface area is 198 Å². The first kappa shape index (κ1) is 26.3. The van der Waals surface area contributed by atoms with E-state index in [2.05, 4.69) is 15.6 Å². The fourth-order valence-electron chi connectivity index (χ4n) is 3.69. The minimum Gasteiger partial charge on any atom is -0.497 e. The summed E-state index contributed by atoms with van der Waals surface area (Å²) < 4.78 is 10.8. The van der Waals surface area contributed by atoms with E-state index in [1.807, 2.05) is 37.1 Å².